The van der Waals surface area contributed by atoms with Crippen molar-refractivity contribution in [2.75, 3.05) is 11.9 Å². The Hall–Kier alpha value is -2.25. The number of hydrogen-bond donors (Lipinski definition) is 2. The second-order valence-corrected chi connectivity index (χ2v) is 4.54. The first-order chi connectivity index (χ1) is 9.08. The molecular weight excluding hydrogens is 252 g/mol. The maximum atomic E-state index is 11.0. The third-order valence-electron chi connectivity index (χ3n) is 3.35. The number of nitrogens with zero attached hydrogens (tertiary/aromatic N) is 3. The molecule has 1 aromatic rings. The smallest absolute Gasteiger partial charge is 0.306 e. The molecule has 1 saturated carbocycles. The fourth-order valence-corrected chi connectivity index (χ4v) is 2.34. The first kappa shape index (κ1) is 13.2. The molecule has 8 heteroatoms. The average molecular weight is 266 g/mol. The molecule has 0 amide bonds. The van der Waals surface area contributed by atoms with Crippen molar-refractivity contribution >= 4 is 17.6 Å². The SMILES string of the molecule is O=C(O)C1CCCC1CNc1ncc([N+](=O)[O-])cn1. The van der Waals surface area contributed by atoms with Gasteiger partial charge in [-0.25, -0.2) is 9.97 Å². The fraction of sp³-hybridized carbons (Fsp3) is 0.545. The largest absolute Gasteiger partial charge is 0.481 e. The van der Waals surface area contributed by atoms with E-state index in [4.69, 9.17) is 5.11 Å². The Balaban J connectivity index is 1.91. The highest BCUT2D eigenvalue weighted by molar-refractivity contribution is 5.70. The van der Waals surface area contributed by atoms with Crippen LogP contribution in [0.15, 0.2) is 12.4 Å². The van der Waals surface area contributed by atoms with Gasteiger partial charge in [0.15, 0.2) is 0 Å². The van der Waals surface area contributed by atoms with Gasteiger partial charge in [0, 0.05) is 6.54 Å². The van der Waals surface area contributed by atoms with E-state index < -0.39 is 10.9 Å². The van der Waals surface area contributed by atoms with Crippen LogP contribution < -0.4 is 5.32 Å². The second-order valence-electron chi connectivity index (χ2n) is 4.54. The van der Waals surface area contributed by atoms with Gasteiger partial charge in [0.25, 0.3) is 0 Å². The van der Waals surface area contributed by atoms with Crippen LogP contribution in [-0.2, 0) is 4.79 Å². The molecule has 19 heavy (non-hydrogen) atoms. The first-order valence-corrected chi connectivity index (χ1v) is 6.01. The van der Waals surface area contributed by atoms with Gasteiger partial charge in [0.2, 0.25) is 5.95 Å². The number of nitro groups is 1. The summed E-state index contributed by atoms with van der Waals surface area (Å²) >= 11 is 0. The van der Waals surface area contributed by atoms with Crippen molar-refractivity contribution in [3.63, 3.8) is 0 Å². The number of carboxylic acid groups (broad SMARTS) is 1. The average Bonchev–Trinajstić information content (AvgIpc) is 2.85. The van der Waals surface area contributed by atoms with Crippen molar-refractivity contribution in [1.82, 2.24) is 9.97 Å². The van der Waals surface area contributed by atoms with Crippen molar-refractivity contribution in [1.29, 1.82) is 0 Å². The number of carboxylic acids is 1. The molecule has 1 aliphatic carbocycles. The maximum Gasteiger partial charge on any atom is 0.306 e. The summed E-state index contributed by atoms with van der Waals surface area (Å²) in [4.78, 5) is 28.5. The quantitative estimate of drug-likeness (QED) is 0.609. The lowest BCUT2D eigenvalue weighted by Crippen LogP contribution is -2.25. The third kappa shape index (κ3) is 3.15. The van der Waals surface area contributed by atoms with E-state index in [9.17, 15) is 14.9 Å². The van der Waals surface area contributed by atoms with Gasteiger partial charge in [-0.3, -0.25) is 14.9 Å². The normalized spacial score (nSPS) is 22.1. The summed E-state index contributed by atoms with van der Waals surface area (Å²) in [6.07, 6.45) is 4.71. The number of anilines is 1. The van der Waals surface area contributed by atoms with Crippen LogP contribution in [-0.4, -0.2) is 32.5 Å². The summed E-state index contributed by atoms with van der Waals surface area (Å²) in [5.74, 6) is -0.766. The number of carbonyl (C=O) groups is 1. The summed E-state index contributed by atoms with van der Waals surface area (Å²) < 4.78 is 0. The maximum absolute atomic E-state index is 11.0. The van der Waals surface area contributed by atoms with Gasteiger partial charge in [0.05, 0.1) is 10.8 Å². The highest BCUT2D eigenvalue weighted by Crippen LogP contribution is 2.31. The van der Waals surface area contributed by atoms with Crippen LogP contribution in [0.2, 0.25) is 0 Å². The van der Waals surface area contributed by atoms with E-state index >= 15 is 0 Å². The van der Waals surface area contributed by atoms with E-state index in [0.29, 0.717) is 13.0 Å². The molecule has 2 N–H and O–H groups in total. The summed E-state index contributed by atoms with van der Waals surface area (Å²) in [5.41, 5.74) is -0.171. The van der Waals surface area contributed by atoms with Crippen LogP contribution >= 0.6 is 0 Å². The van der Waals surface area contributed by atoms with Gasteiger partial charge in [-0.2, -0.15) is 0 Å². The summed E-state index contributed by atoms with van der Waals surface area (Å²) in [6.45, 7) is 0.467. The Bertz CT molecular complexity index is 476. The Labute approximate surface area is 109 Å². The molecule has 0 radical (unpaired) electrons. The van der Waals surface area contributed by atoms with Gasteiger partial charge >= 0.3 is 11.7 Å². The molecule has 8 nitrogen and oxygen atoms in total. The Kier molecular flexibility index (Phi) is 3.88. The Morgan fingerprint density at radius 3 is 2.74 bits per heavy atom. The number of aliphatic carboxylic acids is 1. The molecule has 102 valence electrons. The van der Waals surface area contributed by atoms with E-state index in [1.54, 1.807) is 0 Å². The number of aromatic nitrogens is 2. The predicted molar refractivity (Wildman–Crippen MR) is 65.6 cm³/mol. The van der Waals surface area contributed by atoms with Gasteiger partial charge < -0.3 is 10.4 Å². The molecule has 1 heterocycles. The standard InChI is InChI=1S/C11H14N4O4/c16-10(17)9-3-1-2-7(9)4-12-11-13-5-8(6-14-11)15(18)19/h5-7,9H,1-4H2,(H,16,17)(H,12,13,14). The van der Waals surface area contributed by atoms with Crippen molar-refractivity contribution in [3.05, 3.63) is 22.5 Å². The molecule has 0 bridgehead atoms. The highest BCUT2D eigenvalue weighted by atomic mass is 16.6. The molecule has 1 fully saturated rings. The Morgan fingerprint density at radius 2 is 2.16 bits per heavy atom. The summed E-state index contributed by atoms with van der Waals surface area (Å²) in [7, 11) is 0. The molecule has 1 aliphatic rings. The zero-order valence-corrected chi connectivity index (χ0v) is 10.2. The van der Waals surface area contributed by atoms with Gasteiger partial charge in [-0.1, -0.05) is 6.42 Å². The van der Waals surface area contributed by atoms with Crippen LogP contribution in [0.5, 0.6) is 0 Å². The molecular formula is C11H14N4O4. The van der Waals surface area contributed by atoms with Crippen molar-refractivity contribution in [2.24, 2.45) is 11.8 Å². The molecule has 0 aliphatic heterocycles. The molecule has 2 unspecified atom stereocenters. The molecule has 0 aromatic carbocycles. The van der Waals surface area contributed by atoms with Crippen LogP contribution in [0, 0.1) is 22.0 Å². The van der Waals surface area contributed by atoms with E-state index in [-0.39, 0.29) is 23.5 Å². The Morgan fingerprint density at radius 1 is 1.47 bits per heavy atom. The zero-order chi connectivity index (χ0) is 13.8. The minimum absolute atomic E-state index is 0.0521. The van der Waals surface area contributed by atoms with Crippen LogP contribution in [0.4, 0.5) is 11.6 Å². The minimum Gasteiger partial charge on any atom is -0.481 e. The highest BCUT2D eigenvalue weighted by Gasteiger charge is 2.32. The lowest BCUT2D eigenvalue weighted by molar-refractivity contribution is -0.385. The minimum atomic E-state index is -0.770. The van der Waals surface area contributed by atoms with Crippen LogP contribution in [0.25, 0.3) is 0 Å². The zero-order valence-electron chi connectivity index (χ0n) is 10.2. The number of hydrogen-bond acceptors (Lipinski definition) is 6. The monoisotopic (exact) mass is 266 g/mol. The van der Waals surface area contributed by atoms with E-state index in [1.807, 2.05) is 0 Å². The van der Waals surface area contributed by atoms with E-state index in [1.165, 1.54) is 0 Å². The summed E-state index contributed by atoms with van der Waals surface area (Å²) in [6, 6.07) is 0. The van der Waals surface area contributed by atoms with E-state index in [0.717, 1.165) is 25.2 Å². The lowest BCUT2D eigenvalue weighted by Gasteiger charge is -2.15. The predicted octanol–water partition coefficient (Wildman–Crippen LogP) is 1.30. The summed E-state index contributed by atoms with van der Waals surface area (Å²) in [5, 5.41) is 22.4. The number of rotatable bonds is 5. The van der Waals surface area contributed by atoms with E-state index in [2.05, 4.69) is 15.3 Å². The lowest BCUT2D eigenvalue weighted by atomic mass is 9.96. The molecule has 1 aromatic heterocycles. The van der Waals surface area contributed by atoms with Crippen LogP contribution in [0.3, 0.4) is 0 Å². The second kappa shape index (κ2) is 5.59. The van der Waals surface area contributed by atoms with Gasteiger partial charge in [0.1, 0.15) is 12.4 Å². The van der Waals surface area contributed by atoms with Crippen molar-refractivity contribution in [3.8, 4) is 0 Å². The van der Waals surface area contributed by atoms with Crippen molar-refractivity contribution in [2.45, 2.75) is 19.3 Å². The molecule has 0 saturated heterocycles. The molecule has 0 spiro atoms. The third-order valence-corrected chi connectivity index (χ3v) is 3.35. The van der Waals surface area contributed by atoms with Gasteiger partial charge in [-0.05, 0) is 18.8 Å². The van der Waals surface area contributed by atoms with Crippen LogP contribution in [0.1, 0.15) is 19.3 Å². The molecule has 2 atom stereocenters. The molecule has 2 rings (SSSR count). The fourth-order valence-electron chi connectivity index (χ4n) is 2.34. The first-order valence-electron chi connectivity index (χ1n) is 6.01. The van der Waals surface area contributed by atoms with Crippen molar-refractivity contribution < 1.29 is 14.8 Å². The number of nitrogens with one attached hydrogen (secondary N) is 1. The van der Waals surface area contributed by atoms with Gasteiger partial charge in [-0.15, -0.1) is 0 Å². The topological polar surface area (TPSA) is 118 Å².